The molecule has 2 aromatic carbocycles. The average molecular weight is 425 g/mol. The standard InChI is InChI=1S/C23H28N4O2S/c1-4-29-21-14-18(11-12-20(21)28-3)27-23(24-2)25-15-19-16-30-22(26-19)13-10-17-8-6-5-7-9-17/h5-9,11-12,14,16H,4,10,13,15H2,1-3H3,(H2,24,25,27). The quantitative estimate of drug-likeness (QED) is 0.390. The Kier molecular flexibility index (Phi) is 8.09. The SMILES string of the molecule is CCOc1cc(NC(=NC)NCc2csc(CCc3ccccc3)n2)ccc1OC. The number of anilines is 1. The summed E-state index contributed by atoms with van der Waals surface area (Å²) in [6.45, 7) is 3.13. The van der Waals surface area contributed by atoms with Gasteiger partial charge in [-0.15, -0.1) is 11.3 Å². The zero-order chi connectivity index (χ0) is 21.2. The van der Waals surface area contributed by atoms with Crippen LogP contribution in [0.1, 0.15) is 23.2 Å². The Morgan fingerprint density at radius 1 is 1.10 bits per heavy atom. The van der Waals surface area contributed by atoms with E-state index in [4.69, 9.17) is 14.5 Å². The molecular weight excluding hydrogens is 396 g/mol. The van der Waals surface area contributed by atoms with Gasteiger partial charge in [0.15, 0.2) is 17.5 Å². The molecule has 3 rings (SSSR count). The average Bonchev–Trinajstić information content (AvgIpc) is 3.24. The van der Waals surface area contributed by atoms with Gasteiger partial charge in [0, 0.05) is 30.6 Å². The van der Waals surface area contributed by atoms with E-state index in [0.29, 0.717) is 30.6 Å². The van der Waals surface area contributed by atoms with Gasteiger partial charge in [-0.05, 0) is 31.0 Å². The predicted molar refractivity (Wildman–Crippen MR) is 124 cm³/mol. The highest BCUT2D eigenvalue weighted by molar-refractivity contribution is 7.09. The van der Waals surface area contributed by atoms with Gasteiger partial charge in [-0.25, -0.2) is 4.98 Å². The molecule has 1 heterocycles. The van der Waals surface area contributed by atoms with Gasteiger partial charge in [0.1, 0.15) is 0 Å². The lowest BCUT2D eigenvalue weighted by molar-refractivity contribution is 0.311. The largest absolute Gasteiger partial charge is 0.493 e. The number of aliphatic imine (C=N–C) groups is 1. The molecule has 0 saturated heterocycles. The summed E-state index contributed by atoms with van der Waals surface area (Å²) in [5.41, 5.74) is 3.22. The van der Waals surface area contributed by atoms with Gasteiger partial charge >= 0.3 is 0 Å². The highest BCUT2D eigenvalue weighted by Gasteiger charge is 2.08. The summed E-state index contributed by atoms with van der Waals surface area (Å²) < 4.78 is 11.0. The third-order valence-electron chi connectivity index (χ3n) is 4.46. The van der Waals surface area contributed by atoms with Gasteiger partial charge in [-0.3, -0.25) is 4.99 Å². The maximum atomic E-state index is 5.64. The van der Waals surface area contributed by atoms with Crippen molar-refractivity contribution in [1.29, 1.82) is 0 Å². The molecule has 0 atom stereocenters. The lowest BCUT2D eigenvalue weighted by atomic mass is 10.1. The van der Waals surface area contributed by atoms with Crippen LogP contribution in [0.5, 0.6) is 11.5 Å². The van der Waals surface area contributed by atoms with E-state index >= 15 is 0 Å². The van der Waals surface area contributed by atoms with E-state index in [2.05, 4.69) is 45.3 Å². The molecule has 6 nitrogen and oxygen atoms in total. The molecule has 0 unspecified atom stereocenters. The van der Waals surface area contributed by atoms with Crippen LogP contribution in [0.15, 0.2) is 58.9 Å². The van der Waals surface area contributed by atoms with Gasteiger partial charge in [-0.1, -0.05) is 30.3 Å². The molecule has 158 valence electrons. The number of hydrogen-bond acceptors (Lipinski definition) is 5. The zero-order valence-electron chi connectivity index (χ0n) is 17.6. The van der Waals surface area contributed by atoms with Gasteiger partial charge < -0.3 is 20.1 Å². The first-order chi connectivity index (χ1) is 14.7. The number of hydrogen-bond donors (Lipinski definition) is 2. The highest BCUT2D eigenvalue weighted by atomic mass is 32.1. The minimum Gasteiger partial charge on any atom is -0.493 e. The summed E-state index contributed by atoms with van der Waals surface area (Å²) in [7, 11) is 3.38. The fourth-order valence-electron chi connectivity index (χ4n) is 2.95. The van der Waals surface area contributed by atoms with E-state index in [1.54, 1.807) is 25.5 Å². The van der Waals surface area contributed by atoms with Crippen molar-refractivity contribution in [2.75, 3.05) is 26.1 Å². The van der Waals surface area contributed by atoms with Gasteiger partial charge in [0.25, 0.3) is 0 Å². The Morgan fingerprint density at radius 3 is 2.67 bits per heavy atom. The number of methoxy groups -OCH3 is 1. The number of ether oxygens (including phenoxy) is 2. The monoisotopic (exact) mass is 424 g/mol. The second-order valence-corrected chi connectivity index (χ2v) is 7.51. The van der Waals surface area contributed by atoms with Crippen LogP contribution >= 0.6 is 11.3 Å². The van der Waals surface area contributed by atoms with Crippen LogP contribution in [0, 0.1) is 0 Å². The van der Waals surface area contributed by atoms with Crippen LogP contribution in [0.3, 0.4) is 0 Å². The molecule has 0 aliphatic rings. The van der Waals surface area contributed by atoms with Crippen molar-refractivity contribution in [1.82, 2.24) is 10.3 Å². The minimum absolute atomic E-state index is 0.573. The lowest BCUT2D eigenvalue weighted by Gasteiger charge is -2.14. The summed E-state index contributed by atoms with van der Waals surface area (Å²) in [6, 6.07) is 16.2. The molecule has 7 heteroatoms. The number of nitrogens with zero attached hydrogens (tertiary/aromatic N) is 2. The van der Waals surface area contributed by atoms with Crippen LogP contribution in [0.4, 0.5) is 5.69 Å². The molecule has 0 spiro atoms. The molecule has 0 aliphatic heterocycles. The Balaban J connectivity index is 1.53. The highest BCUT2D eigenvalue weighted by Crippen LogP contribution is 2.30. The first-order valence-corrected chi connectivity index (χ1v) is 10.9. The van der Waals surface area contributed by atoms with Gasteiger partial charge in [0.2, 0.25) is 0 Å². The summed E-state index contributed by atoms with van der Waals surface area (Å²) >= 11 is 1.70. The van der Waals surface area contributed by atoms with E-state index < -0.39 is 0 Å². The molecule has 0 fully saturated rings. The fourth-order valence-corrected chi connectivity index (χ4v) is 3.75. The van der Waals surface area contributed by atoms with Crippen LogP contribution in [0.2, 0.25) is 0 Å². The molecule has 0 aliphatic carbocycles. The normalized spacial score (nSPS) is 11.2. The van der Waals surface area contributed by atoms with E-state index in [9.17, 15) is 0 Å². The summed E-state index contributed by atoms with van der Waals surface area (Å²) in [4.78, 5) is 9.03. The maximum Gasteiger partial charge on any atom is 0.195 e. The Morgan fingerprint density at radius 2 is 1.93 bits per heavy atom. The smallest absolute Gasteiger partial charge is 0.195 e. The summed E-state index contributed by atoms with van der Waals surface area (Å²) in [5, 5.41) is 9.84. The van der Waals surface area contributed by atoms with Crippen molar-refractivity contribution < 1.29 is 9.47 Å². The maximum absolute atomic E-state index is 5.64. The first-order valence-electron chi connectivity index (χ1n) is 9.97. The number of aryl methyl sites for hydroxylation is 2. The molecule has 0 amide bonds. The molecule has 0 bridgehead atoms. The number of nitrogens with one attached hydrogen (secondary N) is 2. The third-order valence-corrected chi connectivity index (χ3v) is 5.41. The second-order valence-electron chi connectivity index (χ2n) is 6.57. The third kappa shape index (κ3) is 6.22. The summed E-state index contributed by atoms with van der Waals surface area (Å²) in [6.07, 6.45) is 1.96. The number of thiazole rings is 1. The van der Waals surface area contributed by atoms with E-state index in [0.717, 1.165) is 29.2 Å². The minimum atomic E-state index is 0.573. The molecule has 0 radical (unpaired) electrons. The lowest BCUT2D eigenvalue weighted by Crippen LogP contribution is -2.30. The first kappa shape index (κ1) is 21.6. The van der Waals surface area contributed by atoms with Crippen LogP contribution < -0.4 is 20.1 Å². The Bertz CT molecular complexity index is 957. The molecule has 2 N–H and O–H groups in total. The van der Waals surface area contributed by atoms with Crippen LogP contribution in [-0.4, -0.2) is 31.7 Å². The van der Waals surface area contributed by atoms with Gasteiger partial charge in [0.05, 0.1) is 31.0 Å². The number of guanidine groups is 1. The van der Waals surface area contributed by atoms with E-state index in [1.807, 2.05) is 31.2 Å². The van der Waals surface area contributed by atoms with Crippen LogP contribution in [0.25, 0.3) is 0 Å². The van der Waals surface area contributed by atoms with Crippen molar-refractivity contribution in [3.8, 4) is 11.5 Å². The van der Waals surface area contributed by atoms with Crippen molar-refractivity contribution in [2.24, 2.45) is 4.99 Å². The van der Waals surface area contributed by atoms with Crippen molar-refractivity contribution in [2.45, 2.75) is 26.3 Å². The van der Waals surface area contributed by atoms with Crippen molar-refractivity contribution >= 4 is 23.0 Å². The van der Waals surface area contributed by atoms with E-state index in [-0.39, 0.29) is 0 Å². The molecule has 0 saturated carbocycles. The van der Waals surface area contributed by atoms with Gasteiger partial charge in [-0.2, -0.15) is 0 Å². The molecule has 3 aromatic rings. The molecule has 30 heavy (non-hydrogen) atoms. The fraction of sp³-hybridized carbons (Fsp3) is 0.304. The number of aromatic nitrogens is 1. The van der Waals surface area contributed by atoms with Crippen molar-refractivity contribution in [3.05, 3.63) is 70.2 Å². The topological polar surface area (TPSA) is 67.8 Å². The molecule has 1 aromatic heterocycles. The van der Waals surface area contributed by atoms with Crippen molar-refractivity contribution in [3.63, 3.8) is 0 Å². The predicted octanol–water partition coefficient (Wildman–Crippen LogP) is 4.52. The molecular formula is C23H28N4O2S. The van der Waals surface area contributed by atoms with Crippen LogP contribution in [-0.2, 0) is 19.4 Å². The summed E-state index contributed by atoms with van der Waals surface area (Å²) in [5.74, 6) is 2.07. The Labute approximate surface area is 182 Å². The number of rotatable bonds is 9. The van der Waals surface area contributed by atoms with E-state index in [1.165, 1.54) is 5.56 Å². The zero-order valence-corrected chi connectivity index (χ0v) is 18.5. The number of benzene rings is 2. The second kappa shape index (κ2) is 11.2. The Hall–Kier alpha value is -3.06.